The Hall–Kier alpha value is -1.56. The molecule has 3 heteroatoms. The number of rotatable bonds is 2. The molecule has 1 fully saturated rings. The minimum atomic E-state index is 0.290. The lowest BCUT2D eigenvalue weighted by molar-refractivity contribution is 0.349. The molecule has 0 aliphatic heterocycles. The summed E-state index contributed by atoms with van der Waals surface area (Å²) >= 11 is 0. The molecule has 90 valence electrons. The maximum absolute atomic E-state index is 9.17. The zero-order valence-corrected chi connectivity index (χ0v) is 10.7. The van der Waals surface area contributed by atoms with Crippen molar-refractivity contribution < 1.29 is 0 Å². The second kappa shape index (κ2) is 4.37. The van der Waals surface area contributed by atoms with E-state index in [9.17, 15) is 5.26 Å². The van der Waals surface area contributed by atoms with E-state index in [0.29, 0.717) is 11.6 Å². The van der Waals surface area contributed by atoms with Gasteiger partial charge in [0.25, 0.3) is 0 Å². The minimum Gasteiger partial charge on any atom is -0.366 e. The van der Waals surface area contributed by atoms with Gasteiger partial charge in [0.15, 0.2) is 0 Å². The molecular weight excluding hydrogens is 210 g/mol. The van der Waals surface area contributed by atoms with Gasteiger partial charge in [0.1, 0.15) is 11.9 Å². The molecule has 1 heterocycles. The fraction of sp³-hybridized carbons (Fsp3) is 0.571. The number of hydrogen-bond donors (Lipinski definition) is 1. The molecule has 0 radical (unpaired) electrons. The summed E-state index contributed by atoms with van der Waals surface area (Å²) in [5, 5.41) is 12.6. The molecule has 1 aliphatic carbocycles. The first kappa shape index (κ1) is 11.9. The molecule has 1 aliphatic rings. The highest BCUT2D eigenvalue weighted by Crippen LogP contribution is 2.39. The fourth-order valence-electron chi connectivity index (χ4n) is 2.57. The molecular formula is C14H19N3. The minimum absolute atomic E-state index is 0.290. The van der Waals surface area contributed by atoms with Crippen molar-refractivity contribution >= 4 is 5.82 Å². The Bertz CT molecular complexity index is 457. The van der Waals surface area contributed by atoms with Crippen LogP contribution in [0.15, 0.2) is 12.3 Å². The van der Waals surface area contributed by atoms with Gasteiger partial charge in [0, 0.05) is 12.2 Å². The van der Waals surface area contributed by atoms with Gasteiger partial charge in [-0.25, -0.2) is 4.98 Å². The fourth-order valence-corrected chi connectivity index (χ4v) is 2.57. The van der Waals surface area contributed by atoms with Gasteiger partial charge in [-0.15, -0.1) is 0 Å². The van der Waals surface area contributed by atoms with Crippen molar-refractivity contribution in [1.29, 1.82) is 5.26 Å². The van der Waals surface area contributed by atoms with Crippen molar-refractivity contribution in [2.24, 2.45) is 5.41 Å². The SMILES string of the molecule is Cc1ccnc(NC2CCCC2(C)C)c1C#N. The van der Waals surface area contributed by atoms with Crippen molar-refractivity contribution in [3.05, 3.63) is 23.4 Å². The molecule has 1 aromatic heterocycles. The van der Waals surface area contributed by atoms with Crippen LogP contribution < -0.4 is 5.32 Å². The summed E-state index contributed by atoms with van der Waals surface area (Å²) in [6, 6.07) is 4.54. The van der Waals surface area contributed by atoms with Crippen LogP contribution in [0.2, 0.25) is 0 Å². The maximum Gasteiger partial charge on any atom is 0.144 e. The molecule has 1 saturated carbocycles. The van der Waals surface area contributed by atoms with E-state index >= 15 is 0 Å². The first-order valence-corrected chi connectivity index (χ1v) is 6.17. The summed E-state index contributed by atoms with van der Waals surface area (Å²) in [7, 11) is 0. The highest BCUT2D eigenvalue weighted by molar-refractivity contribution is 5.56. The zero-order valence-electron chi connectivity index (χ0n) is 10.7. The predicted octanol–water partition coefficient (Wildman–Crippen LogP) is 3.25. The summed E-state index contributed by atoms with van der Waals surface area (Å²) in [5.74, 6) is 0.743. The van der Waals surface area contributed by atoms with E-state index in [1.807, 2.05) is 13.0 Å². The molecule has 1 unspecified atom stereocenters. The lowest BCUT2D eigenvalue weighted by Crippen LogP contribution is -2.31. The smallest absolute Gasteiger partial charge is 0.144 e. The van der Waals surface area contributed by atoms with Crippen LogP contribution in [0.1, 0.15) is 44.2 Å². The number of nitrogens with one attached hydrogen (secondary N) is 1. The third-order valence-corrected chi connectivity index (χ3v) is 3.84. The molecule has 0 aromatic carbocycles. The Labute approximate surface area is 103 Å². The molecule has 2 rings (SSSR count). The molecule has 0 bridgehead atoms. The van der Waals surface area contributed by atoms with E-state index < -0.39 is 0 Å². The van der Waals surface area contributed by atoms with Gasteiger partial charge in [-0.1, -0.05) is 20.3 Å². The third-order valence-electron chi connectivity index (χ3n) is 3.84. The Morgan fingerprint density at radius 2 is 2.29 bits per heavy atom. The number of pyridine rings is 1. The van der Waals surface area contributed by atoms with Crippen LogP contribution in [0, 0.1) is 23.7 Å². The van der Waals surface area contributed by atoms with Crippen LogP contribution in [-0.4, -0.2) is 11.0 Å². The van der Waals surface area contributed by atoms with Crippen molar-refractivity contribution in [3.8, 4) is 6.07 Å². The second-order valence-electron chi connectivity index (χ2n) is 5.54. The Balaban J connectivity index is 2.25. The van der Waals surface area contributed by atoms with Gasteiger partial charge in [-0.2, -0.15) is 5.26 Å². The van der Waals surface area contributed by atoms with Crippen LogP contribution in [0.25, 0.3) is 0 Å². The number of hydrogen-bond acceptors (Lipinski definition) is 3. The summed E-state index contributed by atoms with van der Waals surface area (Å²) < 4.78 is 0. The molecule has 3 nitrogen and oxygen atoms in total. The van der Waals surface area contributed by atoms with Crippen LogP contribution in [0.3, 0.4) is 0 Å². The van der Waals surface area contributed by atoms with E-state index in [1.165, 1.54) is 12.8 Å². The number of anilines is 1. The Morgan fingerprint density at radius 3 is 2.88 bits per heavy atom. The average molecular weight is 229 g/mol. The molecule has 1 atom stereocenters. The van der Waals surface area contributed by atoms with E-state index in [4.69, 9.17) is 0 Å². The average Bonchev–Trinajstić information content (AvgIpc) is 2.59. The van der Waals surface area contributed by atoms with Gasteiger partial charge in [0.2, 0.25) is 0 Å². The molecule has 1 N–H and O–H groups in total. The largest absolute Gasteiger partial charge is 0.366 e. The molecule has 17 heavy (non-hydrogen) atoms. The van der Waals surface area contributed by atoms with Gasteiger partial charge < -0.3 is 5.32 Å². The number of aromatic nitrogens is 1. The van der Waals surface area contributed by atoms with Crippen LogP contribution in [-0.2, 0) is 0 Å². The summed E-state index contributed by atoms with van der Waals surface area (Å²) in [6.07, 6.45) is 5.41. The number of nitrogens with zero attached hydrogens (tertiary/aromatic N) is 2. The molecule has 0 amide bonds. The first-order valence-electron chi connectivity index (χ1n) is 6.17. The molecule has 1 aromatic rings. The predicted molar refractivity (Wildman–Crippen MR) is 68.7 cm³/mol. The van der Waals surface area contributed by atoms with E-state index in [2.05, 4.69) is 30.2 Å². The maximum atomic E-state index is 9.17. The highest BCUT2D eigenvalue weighted by atomic mass is 15.0. The topological polar surface area (TPSA) is 48.7 Å². The zero-order chi connectivity index (χ0) is 12.5. The highest BCUT2D eigenvalue weighted by Gasteiger charge is 2.34. The van der Waals surface area contributed by atoms with Crippen LogP contribution in [0.4, 0.5) is 5.82 Å². The van der Waals surface area contributed by atoms with Gasteiger partial charge in [-0.05, 0) is 36.8 Å². The van der Waals surface area contributed by atoms with E-state index in [-0.39, 0.29) is 5.41 Å². The van der Waals surface area contributed by atoms with Gasteiger partial charge >= 0.3 is 0 Å². The standard InChI is InChI=1S/C14H19N3/c1-10-6-8-16-13(11(10)9-15)17-12-5-4-7-14(12,2)3/h6,8,12H,4-5,7H2,1-3H3,(H,16,17). The normalized spacial score (nSPS) is 22.1. The van der Waals surface area contributed by atoms with Crippen molar-refractivity contribution in [3.63, 3.8) is 0 Å². The summed E-state index contributed by atoms with van der Waals surface area (Å²) in [4.78, 5) is 4.31. The quantitative estimate of drug-likeness (QED) is 0.846. The summed E-state index contributed by atoms with van der Waals surface area (Å²) in [6.45, 7) is 6.50. The lowest BCUT2D eigenvalue weighted by atomic mass is 9.87. The number of nitriles is 1. The monoisotopic (exact) mass is 229 g/mol. The van der Waals surface area contributed by atoms with Crippen molar-refractivity contribution in [2.75, 3.05) is 5.32 Å². The molecule has 0 spiro atoms. The number of aryl methyl sites for hydroxylation is 1. The Morgan fingerprint density at radius 1 is 1.53 bits per heavy atom. The van der Waals surface area contributed by atoms with E-state index in [1.54, 1.807) is 6.20 Å². The third kappa shape index (κ3) is 2.26. The van der Waals surface area contributed by atoms with Gasteiger partial charge in [0.05, 0.1) is 5.56 Å². The summed E-state index contributed by atoms with van der Waals surface area (Å²) in [5.41, 5.74) is 1.95. The van der Waals surface area contributed by atoms with E-state index in [0.717, 1.165) is 17.8 Å². The van der Waals surface area contributed by atoms with Crippen molar-refractivity contribution in [1.82, 2.24) is 4.98 Å². The van der Waals surface area contributed by atoms with Gasteiger partial charge in [-0.3, -0.25) is 0 Å². The first-order chi connectivity index (χ1) is 8.04. The lowest BCUT2D eigenvalue weighted by Gasteiger charge is -2.28. The van der Waals surface area contributed by atoms with Crippen LogP contribution in [0.5, 0.6) is 0 Å². The second-order valence-corrected chi connectivity index (χ2v) is 5.54. The molecule has 0 saturated heterocycles. The Kier molecular flexibility index (Phi) is 3.06. The van der Waals surface area contributed by atoms with Crippen molar-refractivity contribution in [2.45, 2.75) is 46.1 Å². The van der Waals surface area contributed by atoms with Crippen LogP contribution >= 0.6 is 0 Å².